The molecule has 21 heteroatoms. The molecule has 3 aromatic carbocycles. The standard InChI is InChI=1S/C56H75ClN14O6/c1-33(37-20-15-13-16-21-37)59-51(74)45-27-41(29-68(45)53(76)47(55(5,6)7)61-49(72)35(3)58-11)70-31-43(63-65-70)39-24-19-25-40(26-39)44-32-71(66-64-44)42-28-46(52(75)60-34(2)38-22-17-14-18-23-38)69(30-42)54(77)48(56(8,9)10)62-50(73)36(4)67(12)57/h13-26,31-36,41-42,45-48,58H,27-30H2,1-12H3,(H,59,74)(H,60,75)(H,61,72)(H,62,73)/t33-,34-,35+,36+,41+,42+,45+,46+,47-,48-/m1/s1. The highest BCUT2D eigenvalue weighted by Gasteiger charge is 2.48. The number of aromatic nitrogens is 6. The Morgan fingerprint density at radius 1 is 0.597 bits per heavy atom. The molecule has 0 spiro atoms. The lowest BCUT2D eigenvalue weighted by atomic mass is 9.85. The maximum Gasteiger partial charge on any atom is 0.246 e. The van der Waals surface area contributed by atoms with Crippen molar-refractivity contribution in [2.45, 2.75) is 142 Å². The summed E-state index contributed by atoms with van der Waals surface area (Å²) < 4.78 is 4.61. The van der Waals surface area contributed by atoms with Crippen molar-refractivity contribution < 1.29 is 28.8 Å². The van der Waals surface area contributed by atoms with E-state index in [2.05, 4.69) is 47.2 Å². The van der Waals surface area contributed by atoms with E-state index in [0.717, 1.165) is 22.3 Å². The molecule has 5 aromatic rings. The minimum absolute atomic E-state index is 0.121. The van der Waals surface area contributed by atoms with Gasteiger partial charge in [0.15, 0.2) is 0 Å². The molecule has 6 amide bonds. The van der Waals surface area contributed by atoms with Gasteiger partial charge < -0.3 is 36.4 Å². The van der Waals surface area contributed by atoms with Gasteiger partial charge in [-0.05, 0) is 74.5 Å². The topological polar surface area (TPSA) is 234 Å². The largest absolute Gasteiger partial charge is 0.348 e. The highest BCUT2D eigenvalue weighted by molar-refractivity contribution is 6.14. The van der Waals surface area contributed by atoms with E-state index >= 15 is 0 Å². The maximum atomic E-state index is 14.7. The molecule has 2 aliphatic heterocycles. The number of amides is 6. The van der Waals surface area contributed by atoms with Gasteiger partial charge in [0.2, 0.25) is 35.4 Å². The van der Waals surface area contributed by atoms with Crippen LogP contribution >= 0.6 is 11.8 Å². The monoisotopic (exact) mass is 1070 g/mol. The Bertz CT molecular complexity index is 2880. The number of halogens is 1. The first kappa shape index (κ1) is 57.7. The van der Waals surface area contributed by atoms with Crippen LogP contribution in [0.3, 0.4) is 0 Å². The van der Waals surface area contributed by atoms with Crippen LogP contribution in [0.5, 0.6) is 0 Å². The maximum absolute atomic E-state index is 14.7. The zero-order valence-corrected chi connectivity index (χ0v) is 46.9. The molecular formula is C56H75ClN14O6. The molecule has 7 rings (SSSR count). The fourth-order valence-electron chi connectivity index (χ4n) is 9.73. The lowest BCUT2D eigenvalue weighted by molar-refractivity contribution is -0.144. The SMILES string of the molecule is CN[C@@H](C)C(=O)N[C@H](C(=O)N1C[C@@H](n2cc(-c3cccc(-c4cn([C@H]5C[C@@H](C(=O)N[C@H](C)c6ccccc6)N(C(=O)[C@@H](NC(=O)[C@H](C)N(C)Cl)C(C)(C)C)C5)nn4)c3)nn2)C[C@H]1C(=O)N[C@H](C)c1ccccc1)C(C)(C)C. The van der Waals surface area contributed by atoms with Gasteiger partial charge in [0.1, 0.15) is 41.6 Å². The first-order valence-corrected chi connectivity index (χ1v) is 26.6. The van der Waals surface area contributed by atoms with Gasteiger partial charge in [-0.1, -0.05) is 131 Å². The van der Waals surface area contributed by atoms with Crippen LogP contribution in [0.2, 0.25) is 0 Å². The molecule has 0 saturated carbocycles. The number of likely N-dealkylation sites (tertiary alicyclic amines) is 2. The van der Waals surface area contributed by atoms with Crippen LogP contribution in [-0.4, -0.2) is 143 Å². The summed E-state index contributed by atoms with van der Waals surface area (Å²) in [6, 6.07) is 20.2. The van der Waals surface area contributed by atoms with E-state index in [-0.39, 0.29) is 61.6 Å². The molecule has 2 aliphatic rings. The van der Waals surface area contributed by atoms with Crippen molar-refractivity contribution in [1.82, 2.24) is 70.8 Å². The number of rotatable bonds is 18. The molecular weight excluding hydrogens is 1000 g/mol. The van der Waals surface area contributed by atoms with Crippen molar-refractivity contribution >= 4 is 47.2 Å². The van der Waals surface area contributed by atoms with Gasteiger partial charge in [0.05, 0.1) is 42.6 Å². The molecule has 2 aromatic heterocycles. The third-order valence-electron chi connectivity index (χ3n) is 14.8. The van der Waals surface area contributed by atoms with Crippen molar-refractivity contribution in [3.05, 3.63) is 108 Å². The fraction of sp³-hybridized carbons (Fsp3) is 0.500. The third kappa shape index (κ3) is 13.6. The summed E-state index contributed by atoms with van der Waals surface area (Å²) >= 11 is 6.15. The lowest BCUT2D eigenvalue weighted by Crippen LogP contribution is -2.59. The molecule has 2 fully saturated rings. The Labute approximate surface area is 456 Å². The van der Waals surface area contributed by atoms with Crippen molar-refractivity contribution in [1.29, 1.82) is 0 Å². The van der Waals surface area contributed by atoms with E-state index in [4.69, 9.17) is 11.8 Å². The fourth-order valence-corrected chi connectivity index (χ4v) is 9.82. The molecule has 0 unspecified atom stereocenters. The van der Waals surface area contributed by atoms with Crippen LogP contribution in [0, 0.1) is 10.8 Å². The average molecular weight is 1080 g/mol. The van der Waals surface area contributed by atoms with Crippen molar-refractivity contribution in [2.75, 3.05) is 27.2 Å². The molecule has 0 radical (unpaired) electrons. The Hall–Kier alpha value is -7.03. The zero-order chi connectivity index (χ0) is 56.1. The summed E-state index contributed by atoms with van der Waals surface area (Å²) in [6.45, 7) is 18.6. The van der Waals surface area contributed by atoms with Gasteiger partial charge >= 0.3 is 0 Å². The van der Waals surface area contributed by atoms with E-state index < -0.39 is 71.0 Å². The van der Waals surface area contributed by atoms with Crippen LogP contribution in [0.4, 0.5) is 0 Å². The third-order valence-corrected chi connectivity index (χ3v) is 15.1. The highest BCUT2D eigenvalue weighted by atomic mass is 35.5. The predicted molar refractivity (Wildman–Crippen MR) is 293 cm³/mol. The molecule has 77 heavy (non-hydrogen) atoms. The number of nitrogens with zero attached hydrogens (tertiary/aromatic N) is 9. The van der Waals surface area contributed by atoms with Crippen LogP contribution in [0.15, 0.2) is 97.3 Å². The van der Waals surface area contributed by atoms with Gasteiger partial charge in [-0.15, -0.1) is 10.2 Å². The van der Waals surface area contributed by atoms with Crippen molar-refractivity contribution in [3.63, 3.8) is 0 Å². The van der Waals surface area contributed by atoms with Gasteiger partial charge in [0, 0.05) is 44.1 Å². The van der Waals surface area contributed by atoms with Gasteiger partial charge in [-0.3, -0.25) is 28.8 Å². The molecule has 5 N–H and O–H groups in total. The summed E-state index contributed by atoms with van der Waals surface area (Å²) in [5.41, 5.74) is 2.92. The van der Waals surface area contributed by atoms with Crippen molar-refractivity contribution in [3.8, 4) is 22.5 Å². The molecule has 0 aliphatic carbocycles. The molecule has 2 saturated heterocycles. The van der Waals surface area contributed by atoms with Gasteiger partial charge in [-0.2, -0.15) is 0 Å². The molecule has 412 valence electrons. The van der Waals surface area contributed by atoms with E-state index in [9.17, 15) is 28.8 Å². The number of nitrogens with one attached hydrogen (secondary N) is 5. The lowest BCUT2D eigenvalue weighted by Gasteiger charge is -2.36. The van der Waals surface area contributed by atoms with Gasteiger partial charge in [0.25, 0.3) is 0 Å². The minimum Gasteiger partial charge on any atom is -0.348 e. The van der Waals surface area contributed by atoms with Crippen molar-refractivity contribution in [2.24, 2.45) is 10.8 Å². The number of hydrogen-bond donors (Lipinski definition) is 5. The summed E-state index contributed by atoms with van der Waals surface area (Å²) in [4.78, 5) is 87.6. The highest BCUT2D eigenvalue weighted by Crippen LogP contribution is 2.35. The summed E-state index contributed by atoms with van der Waals surface area (Å²) in [7, 11) is 3.24. The molecule has 0 bridgehead atoms. The normalized spacial score (nSPS) is 20.2. The summed E-state index contributed by atoms with van der Waals surface area (Å²) in [5, 5.41) is 33.2. The molecule has 10 atom stereocenters. The first-order chi connectivity index (χ1) is 36.4. The second kappa shape index (κ2) is 24.1. The molecule has 4 heterocycles. The van der Waals surface area contributed by atoms with E-state index in [1.165, 1.54) is 4.42 Å². The van der Waals surface area contributed by atoms with E-state index in [1.807, 2.05) is 140 Å². The number of benzene rings is 3. The Morgan fingerprint density at radius 3 is 1.38 bits per heavy atom. The number of likely N-dealkylation sites (N-methyl/N-ethyl adjacent to an activating group) is 2. The van der Waals surface area contributed by atoms with Crippen LogP contribution in [-0.2, 0) is 28.8 Å². The van der Waals surface area contributed by atoms with Crippen LogP contribution in [0.1, 0.15) is 117 Å². The number of hydrogen-bond acceptors (Lipinski definition) is 12. The van der Waals surface area contributed by atoms with Crippen LogP contribution < -0.4 is 26.6 Å². The summed E-state index contributed by atoms with van der Waals surface area (Å²) in [5.74, 6) is -2.20. The Balaban J connectivity index is 1.12. The Morgan fingerprint density at radius 2 is 1.00 bits per heavy atom. The zero-order valence-electron chi connectivity index (χ0n) is 46.2. The first-order valence-electron chi connectivity index (χ1n) is 26.3. The minimum atomic E-state index is -0.987. The number of carbonyl (C=O) groups excluding carboxylic acids is 6. The second-order valence-electron chi connectivity index (χ2n) is 22.6. The molecule has 20 nitrogen and oxygen atoms in total. The average Bonchev–Trinajstić information content (AvgIpc) is 4.25. The van der Waals surface area contributed by atoms with Gasteiger partial charge in [-0.25, -0.2) is 13.8 Å². The summed E-state index contributed by atoms with van der Waals surface area (Å²) in [6.07, 6.45) is 4.07. The predicted octanol–water partition coefficient (Wildman–Crippen LogP) is 5.39. The smallest absolute Gasteiger partial charge is 0.246 e. The second-order valence-corrected chi connectivity index (χ2v) is 23.2. The Kier molecular flexibility index (Phi) is 18.1. The van der Waals surface area contributed by atoms with E-state index in [1.54, 1.807) is 59.5 Å². The van der Waals surface area contributed by atoms with E-state index in [0.29, 0.717) is 11.4 Å². The van der Waals surface area contributed by atoms with Crippen LogP contribution in [0.25, 0.3) is 22.5 Å². The number of carbonyl (C=O) groups is 6. The quantitative estimate of drug-likeness (QED) is 0.0696.